The van der Waals surface area contributed by atoms with E-state index in [4.69, 9.17) is 4.74 Å². The molecule has 2 rings (SSSR count). The highest BCUT2D eigenvalue weighted by Gasteiger charge is 2.30. The van der Waals surface area contributed by atoms with Gasteiger partial charge in [0.2, 0.25) is 0 Å². The summed E-state index contributed by atoms with van der Waals surface area (Å²) in [5.74, 6) is 0.319. The SMILES string of the molecule is CCC(C)COC(=O)CC1CC(=O)c2ccccc21. The number of ether oxygens (including phenoxy) is 1. The minimum atomic E-state index is -0.199. The number of Topliss-reactive ketones (excluding diaryl/α,β-unsaturated/α-hetero) is 1. The van der Waals surface area contributed by atoms with Gasteiger partial charge in [0, 0.05) is 17.9 Å². The number of rotatable bonds is 5. The van der Waals surface area contributed by atoms with Crippen molar-refractivity contribution in [3.05, 3.63) is 35.4 Å². The quantitative estimate of drug-likeness (QED) is 0.763. The molecule has 2 atom stereocenters. The first kappa shape index (κ1) is 13.8. The summed E-state index contributed by atoms with van der Waals surface area (Å²) >= 11 is 0. The van der Waals surface area contributed by atoms with Gasteiger partial charge < -0.3 is 4.74 Å². The standard InChI is InChI=1S/C16H20O3/c1-3-11(2)10-19-16(18)9-12-8-15(17)14-7-5-4-6-13(12)14/h4-7,11-12H,3,8-10H2,1-2H3. The third kappa shape index (κ3) is 3.22. The zero-order valence-corrected chi connectivity index (χ0v) is 11.5. The Labute approximate surface area is 114 Å². The molecule has 1 aliphatic rings. The second-order valence-electron chi connectivity index (χ2n) is 5.31. The predicted octanol–water partition coefficient (Wildman–Crippen LogP) is 3.34. The fraction of sp³-hybridized carbons (Fsp3) is 0.500. The van der Waals surface area contributed by atoms with Gasteiger partial charge in [-0.15, -0.1) is 0 Å². The number of carbonyl (C=O) groups excluding carboxylic acids is 2. The number of benzene rings is 1. The molecule has 3 nitrogen and oxygen atoms in total. The Bertz CT molecular complexity index is 479. The normalized spacial score (nSPS) is 19.1. The first-order valence-corrected chi connectivity index (χ1v) is 6.89. The summed E-state index contributed by atoms with van der Waals surface area (Å²) in [7, 11) is 0. The number of hydrogen-bond acceptors (Lipinski definition) is 3. The van der Waals surface area contributed by atoms with Crippen LogP contribution in [0.4, 0.5) is 0 Å². The number of carbonyl (C=O) groups is 2. The van der Waals surface area contributed by atoms with E-state index in [1.807, 2.05) is 24.3 Å². The summed E-state index contributed by atoms with van der Waals surface area (Å²) < 4.78 is 5.26. The summed E-state index contributed by atoms with van der Waals surface area (Å²) in [6.45, 7) is 4.60. The van der Waals surface area contributed by atoms with Crippen LogP contribution in [0.5, 0.6) is 0 Å². The Hall–Kier alpha value is -1.64. The van der Waals surface area contributed by atoms with Crippen LogP contribution in [0.25, 0.3) is 0 Å². The molecule has 0 radical (unpaired) electrons. The van der Waals surface area contributed by atoms with E-state index in [2.05, 4.69) is 13.8 Å². The lowest BCUT2D eigenvalue weighted by molar-refractivity contribution is -0.145. The van der Waals surface area contributed by atoms with Crippen molar-refractivity contribution < 1.29 is 14.3 Å². The van der Waals surface area contributed by atoms with Crippen LogP contribution in [-0.4, -0.2) is 18.4 Å². The Morgan fingerprint density at radius 1 is 1.42 bits per heavy atom. The average molecular weight is 260 g/mol. The molecule has 0 bridgehead atoms. The first-order chi connectivity index (χ1) is 9.11. The highest BCUT2D eigenvalue weighted by Crippen LogP contribution is 2.35. The van der Waals surface area contributed by atoms with Gasteiger partial charge in [0.05, 0.1) is 13.0 Å². The molecule has 0 aliphatic heterocycles. The molecule has 1 aromatic rings. The van der Waals surface area contributed by atoms with Crippen molar-refractivity contribution in [1.82, 2.24) is 0 Å². The molecular formula is C16H20O3. The second kappa shape index (κ2) is 6.00. The molecule has 3 heteroatoms. The molecule has 0 saturated heterocycles. The number of hydrogen-bond donors (Lipinski definition) is 0. The third-order valence-corrected chi connectivity index (χ3v) is 3.77. The van der Waals surface area contributed by atoms with Crippen LogP contribution in [0.2, 0.25) is 0 Å². The zero-order chi connectivity index (χ0) is 13.8. The van der Waals surface area contributed by atoms with Gasteiger partial charge in [0.1, 0.15) is 0 Å². The van der Waals surface area contributed by atoms with Gasteiger partial charge in [-0.25, -0.2) is 0 Å². The Balaban J connectivity index is 1.94. The van der Waals surface area contributed by atoms with E-state index < -0.39 is 0 Å². The molecule has 1 aliphatic carbocycles. The fourth-order valence-corrected chi connectivity index (χ4v) is 2.35. The topological polar surface area (TPSA) is 43.4 Å². The maximum atomic E-state index is 11.8. The minimum Gasteiger partial charge on any atom is -0.465 e. The van der Waals surface area contributed by atoms with E-state index >= 15 is 0 Å². The molecule has 0 fully saturated rings. The highest BCUT2D eigenvalue weighted by atomic mass is 16.5. The van der Waals surface area contributed by atoms with E-state index in [-0.39, 0.29) is 17.7 Å². The van der Waals surface area contributed by atoms with Gasteiger partial charge in [-0.1, -0.05) is 44.5 Å². The summed E-state index contributed by atoms with van der Waals surface area (Å²) in [5.41, 5.74) is 1.76. The molecule has 2 unspecified atom stereocenters. The van der Waals surface area contributed by atoms with Crippen molar-refractivity contribution in [3.63, 3.8) is 0 Å². The van der Waals surface area contributed by atoms with E-state index in [1.54, 1.807) is 0 Å². The lowest BCUT2D eigenvalue weighted by atomic mass is 9.98. The van der Waals surface area contributed by atoms with Crippen LogP contribution in [-0.2, 0) is 9.53 Å². The van der Waals surface area contributed by atoms with E-state index in [1.165, 1.54) is 0 Å². The van der Waals surface area contributed by atoms with Gasteiger partial charge in [-0.2, -0.15) is 0 Å². The summed E-state index contributed by atoms with van der Waals surface area (Å²) in [5, 5.41) is 0. The van der Waals surface area contributed by atoms with Gasteiger partial charge in [-0.05, 0) is 11.5 Å². The van der Waals surface area contributed by atoms with Crippen LogP contribution in [0.15, 0.2) is 24.3 Å². The van der Waals surface area contributed by atoms with Gasteiger partial charge in [0.25, 0.3) is 0 Å². The van der Waals surface area contributed by atoms with Crippen LogP contribution in [0.1, 0.15) is 54.9 Å². The number of fused-ring (bicyclic) bond motifs is 1. The van der Waals surface area contributed by atoms with Crippen LogP contribution in [0, 0.1) is 5.92 Å². The molecule has 0 aromatic heterocycles. The second-order valence-corrected chi connectivity index (χ2v) is 5.31. The maximum Gasteiger partial charge on any atom is 0.306 e. The highest BCUT2D eigenvalue weighted by molar-refractivity contribution is 6.01. The number of ketones is 1. The summed E-state index contributed by atoms with van der Waals surface area (Å²) in [6, 6.07) is 7.55. The molecule has 0 N–H and O–H groups in total. The van der Waals surface area contributed by atoms with E-state index in [0.29, 0.717) is 25.4 Å². The van der Waals surface area contributed by atoms with Crippen molar-refractivity contribution in [2.45, 2.75) is 39.0 Å². The van der Waals surface area contributed by atoms with E-state index in [9.17, 15) is 9.59 Å². The zero-order valence-electron chi connectivity index (χ0n) is 11.5. The summed E-state index contributed by atoms with van der Waals surface area (Å²) in [6.07, 6.45) is 1.73. The molecule has 0 amide bonds. The Morgan fingerprint density at radius 3 is 2.89 bits per heavy atom. The molecule has 0 heterocycles. The van der Waals surface area contributed by atoms with Crippen molar-refractivity contribution >= 4 is 11.8 Å². The van der Waals surface area contributed by atoms with Crippen molar-refractivity contribution in [2.24, 2.45) is 5.92 Å². The summed E-state index contributed by atoms with van der Waals surface area (Å²) in [4.78, 5) is 23.6. The first-order valence-electron chi connectivity index (χ1n) is 6.89. The molecular weight excluding hydrogens is 240 g/mol. The Morgan fingerprint density at radius 2 is 2.16 bits per heavy atom. The third-order valence-electron chi connectivity index (χ3n) is 3.77. The monoisotopic (exact) mass is 260 g/mol. The van der Waals surface area contributed by atoms with Crippen LogP contribution < -0.4 is 0 Å². The lowest BCUT2D eigenvalue weighted by Gasteiger charge is -2.12. The van der Waals surface area contributed by atoms with Crippen molar-refractivity contribution in [3.8, 4) is 0 Å². The van der Waals surface area contributed by atoms with Crippen LogP contribution >= 0.6 is 0 Å². The van der Waals surface area contributed by atoms with Crippen molar-refractivity contribution in [1.29, 1.82) is 0 Å². The maximum absolute atomic E-state index is 11.8. The largest absolute Gasteiger partial charge is 0.465 e. The molecule has 102 valence electrons. The van der Waals surface area contributed by atoms with Gasteiger partial charge >= 0.3 is 5.97 Å². The van der Waals surface area contributed by atoms with E-state index in [0.717, 1.165) is 17.5 Å². The smallest absolute Gasteiger partial charge is 0.306 e. The molecule has 0 spiro atoms. The minimum absolute atomic E-state index is 0.00636. The molecule has 19 heavy (non-hydrogen) atoms. The van der Waals surface area contributed by atoms with Crippen molar-refractivity contribution in [2.75, 3.05) is 6.61 Å². The fourth-order valence-electron chi connectivity index (χ4n) is 2.35. The van der Waals surface area contributed by atoms with Gasteiger partial charge in [0.15, 0.2) is 5.78 Å². The lowest BCUT2D eigenvalue weighted by Crippen LogP contribution is -2.13. The average Bonchev–Trinajstić information content (AvgIpc) is 2.73. The molecule has 0 saturated carbocycles. The molecule has 1 aromatic carbocycles. The Kier molecular flexibility index (Phi) is 4.35. The predicted molar refractivity (Wildman–Crippen MR) is 73.2 cm³/mol. The van der Waals surface area contributed by atoms with Crippen LogP contribution in [0.3, 0.4) is 0 Å². The number of esters is 1. The van der Waals surface area contributed by atoms with Gasteiger partial charge in [-0.3, -0.25) is 9.59 Å².